The number of carbonyl (C=O) groups is 1. The average Bonchev–Trinajstić information content (AvgIpc) is 2.41. The van der Waals surface area contributed by atoms with Crippen LogP contribution in [0.15, 0.2) is 48.5 Å². The van der Waals surface area contributed by atoms with Gasteiger partial charge in [-0.3, -0.25) is 4.79 Å². The number of hydrogen-bond donors (Lipinski definition) is 1. The van der Waals surface area contributed by atoms with E-state index in [-0.39, 0.29) is 5.91 Å². The molecule has 0 saturated carbocycles. The van der Waals surface area contributed by atoms with Gasteiger partial charge >= 0.3 is 0 Å². The molecular weight excluding hydrogens is 222 g/mol. The predicted molar refractivity (Wildman–Crippen MR) is 75.0 cm³/mol. The second kappa shape index (κ2) is 5.50. The molecule has 2 aromatic rings. The second-order valence-electron chi connectivity index (χ2n) is 4.33. The van der Waals surface area contributed by atoms with Crippen LogP contribution in [-0.4, -0.2) is 5.91 Å². The minimum atomic E-state index is -0.0610. The molecule has 2 nitrogen and oxygen atoms in total. The van der Waals surface area contributed by atoms with Crippen LogP contribution in [0.5, 0.6) is 0 Å². The SMILES string of the molecule is CCc1cc(C)ccc1NC(=O)c1ccccc1. The van der Waals surface area contributed by atoms with Crippen LogP contribution in [0, 0.1) is 6.92 Å². The lowest BCUT2D eigenvalue weighted by Gasteiger charge is -2.10. The number of carbonyl (C=O) groups excluding carboxylic acids is 1. The molecule has 18 heavy (non-hydrogen) atoms. The highest BCUT2D eigenvalue weighted by molar-refractivity contribution is 6.04. The summed E-state index contributed by atoms with van der Waals surface area (Å²) in [7, 11) is 0. The van der Waals surface area contributed by atoms with E-state index in [1.165, 1.54) is 11.1 Å². The zero-order valence-corrected chi connectivity index (χ0v) is 10.7. The van der Waals surface area contributed by atoms with Gasteiger partial charge in [0, 0.05) is 11.3 Å². The quantitative estimate of drug-likeness (QED) is 0.867. The number of nitrogens with one attached hydrogen (secondary N) is 1. The van der Waals surface area contributed by atoms with E-state index in [0.29, 0.717) is 5.56 Å². The topological polar surface area (TPSA) is 29.1 Å². The standard InChI is InChI=1S/C16H17NO/c1-3-13-11-12(2)9-10-15(13)17-16(18)14-7-5-4-6-8-14/h4-11H,3H2,1-2H3,(H,17,18). The summed E-state index contributed by atoms with van der Waals surface area (Å²) in [5, 5.41) is 2.97. The molecule has 0 aliphatic carbocycles. The molecule has 0 aliphatic heterocycles. The first-order valence-electron chi connectivity index (χ1n) is 6.16. The van der Waals surface area contributed by atoms with Gasteiger partial charge in [-0.05, 0) is 37.1 Å². The van der Waals surface area contributed by atoms with Gasteiger partial charge in [0.25, 0.3) is 5.91 Å². The van der Waals surface area contributed by atoms with Crippen molar-refractivity contribution in [2.75, 3.05) is 5.32 Å². The van der Waals surface area contributed by atoms with Gasteiger partial charge in [0.15, 0.2) is 0 Å². The molecule has 0 saturated heterocycles. The molecule has 2 rings (SSSR count). The number of amides is 1. The number of rotatable bonds is 3. The molecule has 2 heteroatoms. The van der Waals surface area contributed by atoms with Gasteiger partial charge in [-0.15, -0.1) is 0 Å². The van der Waals surface area contributed by atoms with E-state index in [4.69, 9.17) is 0 Å². The van der Waals surface area contributed by atoms with Crippen LogP contribution in [0.1, 0.15) is 28.4 Å². The Morgan fingerprint density at radius 1 is 1.11 bits per heavy atom. The molecule has 92 valence electrons. The number of aryl methyl sites for hydroxylation is 2. The Kier molecular flexibility index (Phi) is 3.78. The van der Waals surface area contributed by atoms with E-state index in [1.54, 1.807) is 0 Å². The molecule has 0 aromatic heterocycles. The summed E-state index contributed by atoms with van der Waals surface area (Å²) in [5.41, 5.74) is 3.96. The predicted octanol–water partition coefficient (Wildman–Crippen LogP) is 3.81. The third-order valence-electron chi connectivity index (χ3n) is 2.93. The van der Waals surface area contributed by atoms with Crippen molar-refractivity contribution in [3.63, 3.8) is 0 Å². The lowest BCUT2D eigenvalue weighted by atomic mass is 10.1. The lowest BCUT2D eigenvalue weighted by Crippen LogP contribution is -2.13. The number of benzene rings is 2. The molecule has 0 aliphatic rings. The van der Waals surface area contributed by atoms with Crippen LogP contribution in [0.25, 0.3) is 0 Å². The minimum absolute atomic E-state index is 0.0610. The van der Waals surface area contributed by atoms with Crippen molar-refractivity contribution in [1.29, 1.82) is 0 Å². The third kappa shape index (κ3) is 2.77. The van der Waals surface area contributed by atoms with Crippen LogP contribution >= 0.6 is 0 Å². The summed E-state index contributed by atoms with van der Waals surface area (Å²) in [4.78, 5) is 12.1. The number of anilines is 1. The van der Waals surface area contributed by atoms with Crippen molar-refractivity contribution >= 4 is 11.6 Å². The van der Waals surface area contributed by atoms with Crippen LogP contribution in [0.2, 0.25) is 0 Å². The van der Waals surface area contributed by atoms with Crippen molar-refractivity contribution in [3.8, 4) is 0 Å². The molecule has 0 radical (unpaired) electrons. The highest BCUT2D eigenvalue weighted by atomic mass is 16.1. The Labute approximate surface area is 108 Å². The van der Waals surface area contributed by atoms with E-state index in [0.717, 1.165) is 12.1 Å². The first kappa shape index (κ1) is 12.4. The largest absolute Gasteiger partial charge is 0.322 e. The zero-order chi connectivity index (χ0) is 13.0. The van der Waals surface area contributed by atoms with Gasteiger partial charge in [-0.25, -0.2) is 0 Å². The highest BCUT2D eigenvalue weighted by Gasteiger charge is 2.07. The van der Waals surface area contributed by atoms with Gasteiger partial charge in [-0.1, -0.05) is 42.8 Å². The van der Waals surface area contributed by atoms with E-state index in [9.17, 15) is 4.79 Å². The van der Waals surface area contributed by atoms with Gasteiger partial charge < -0.3 is 5.32 Å². The second-order valence-corrected chi connectivity index (χ2v) is 4.33. The fourth-order valence-electron chi connectivity index (χ4n) is 1.92. The molecule has 1 amide bonds. The van der Waals surface area contributed by atoms with E-state index in [1.807, 2.05) is 42.5 Å². The maximum absolute atomic E-state index is 12.1. The molecule has 2 aromatic carbocycles. The van der Waals surface area contributed by atoms with E-state index in [2.05, 4.69) is 25.2 Å². The molecule has 0 unspecified atom stereocenters. The summed E-state index contributed by atoms with van der Waals surface area (Å²) < 4.78 is 0. The van der Waals surface area contributed by atoms with Crippen molar-refractivity contribution in [1.82, 2.24) is 0 Å². The Bertz CT molecular complexity index is 546. The zero-order valence-electron chi connectivity index (χ0n) is 10.7. The molecule has 0 heterocycles. The van der Waals surface area contributed by atoms with Gasteiger partial charge in [-0.2, -0.15) is 0 Å². The fraction of sp³-hybridized carbons (Fsp3) is 0.188. The molecule has 0 fully saturated rings. The van der Waals surface area contributed by atoms with Crippen LogP contribution in [-0.2, 0) is 6.42 Å². The average molecular weight is 239 g/mol. The van der Waals surface area contributed by atoms with Crippen molar-refractivity contribution in [2.24, 2.45) is 0 Å². The first-order valence-corrected chi connectivity index (χ1v) is 6.16. The molecular formula is C16H17NO. The number of hydrogen-bond acceptors (Lipinski definition) is 1. The summed E-state index contributed by atoms with van der Waals surface area (Å²) in [6.07, 6.45) is 0.909. The minimum Gasteiger partial charge on any atom is -0.322 e. The first-order chi connectivity index (χ1) is 8.70. The molecule has 0 bridgehead atoms. The summed E-state index contributed by atoms with van der Waals surface area (Å²) >= 11 is 0. The van der Waals surface area contributed by atoms with Crippen LogP contribution < -0.4 is 5.32 Å². The maximum Gasteiger partial charge on any atom is 0.255 e. The summed E-state index contributed by atoms with van der Waals surface area (Å²) in [6.45, 7) is 4.15. The van der Waals surface area contributed by atoms with Crippen LogP contribution in [0.4, 0.5) is 5.69 Å². The van der Waals surface area contributed by atoms with Crippen molar-refractivity contribution in [3.05, 3.63) is 65.2 Å². The monoisotopic (exact) mass is 239 g/mol. The van der Waals surface area contributed by atoms with Crippen LogP contribution in [0.3, 0.4) is 0 Å². The molecule has 1 N–H and O–H groups in total. The highest BCUT2D eigenvalue weighted by Crippen LogP contribution is 2.18. The van der Waals surface area contributed by atoms with E-state index >= 15 is 0 Å². The molecule has 0 atom stereocenters. The Morgan fingerprint density at radius 2 is 1.83 bits per heavy atom. The Balaban J connectivity index is 2.22. The summed E-state index contributed by atoms with van der Waals surface area (Å²) in [6, 6.07) is 15.4. The Hall–Kier alpha value is -2.09. The van der Waals surface area contributed by atoms with E-state index < -0.39 is 0 Å². The summed E-state index contributed by atoms with van der Waals surface area (Å²) in [5.74, 6) is -0.0610. The van der Waals surface area contributed by atoms with Crippen molar-refractivity contribution in [2.45, 2.75) is 20.3 Å². The van der Waals surface area contributed by atoms with Gasteiger partial charge in [0.05, 0.1) is 0 Å². The third-order valence-corrected chi connectivity index (χ3v) is 2.93. The molecule has 0 spiro atoms. The van der Waals surface area contributed by atoms with Gasteiger partial charge in [0.2, 0.25) is 0 Å². The lowest BCUT2D eigenvalue weighted by molar-refractivity contribution is 0.102. The van der Waals surface area contributed by atoms with Crippen molar-refractivity contribution < 1.29 is 4.79 Å². The maximum atomic E-state index is 12.1. The Morgan fingerprint density at radius 3 is 2.50 bits per heavy atom. The fourth-order valence-corrected chi connectivity index (χ4v) is 1.92. The smallest absolute Gasteiger partial charge is 0.255 e. The van der Waals surface area contributed by atoms with Gasteiger partial charge in [0.1, 0.15) is 0 Å². The normalized spacial score (nSPS) is 10.1.